The number of amides is 1. The highest BCUT2D eigenvalue weighted by molar-refractivity contribution is 5.71. The number of anilines is 1. The zero-order valence-corrected chi connectivity index (χ0v) is 14.7. The van der Waals surface area contributed by atoms with Crippen LogP contribution in [0.25, 0.3) is 0 Å². The molecule has 0 spiro atoms. The van der Waals surface area contributed by atoms with E-state index in [9.17, 15) is 4.79 Å². The normalized spacial score (nSPS) is 25.9. The zero-order valence-electron chi connectivity index (χ0n) is 14.7. The number of pyridine rings is 1. The molecule has 4 rings (SSSR count). The van der Waals surface area contributed by atoms with Gasteiger partial charge in [0, 0.05) is 32.7 Å². The highest BCUT2D eigenvalue weighted by Gasteiger charge is 2.47. The smallest absolute Gasteiger partial charge is 0.410 e. The predicted octanol–water partition coefficient (Wildman–Crippen LogP) is 0.685. The molecule has 1 aromatic heterocycles. The van der Waals surface area contributed by atoms with Gasteiger partial charge in [-0.2, -0.15) is 5.26 Å². The van der Waals surface area contributed by atoms with E-state index in [1.807, 2.05) is 17.0 Å². The van der Waals surface area contributed by atoms with Crippen molar-refractivity contribution in [1.82, 2.24) is 14.8 Å². The summed E-state index contributed by atoms with van der Waals surface area (Å²) < 4.78 is 10.9. The van der Waals surface area contributed by atoms with Crippen LogP contribution in [0, 0.1) is 11.3 Å². The average Bonchev–Trinajstić information content (AvgIpc) is 3.21. The maximum Gasteiger partial charge on any atom is 0.410 e. The molecule has 1 aromatic rings. The van der Waals surface area contributed by atoms with Crippen molar-refractivity contribution in [3.8, 4) is 6.07 Å². The van der Waals surface area contributed by atoms with Crippen molar-refractivity contribution in [2.24, 2.45) is 0 Å². The molecule has 0 aromatic carbocycles. The lowest BCUT2D eigenvalue weighted by atomic mass is 10.2. The largest absolute Gasteiger partial charge is 0.442 e. The first-order valence-corrected chi connectivity index (χ1v) is 9.14. The van der Waals surface area contributed by atoms with Crippen molar-refractivity contribution in [2.75, 3.05) is 57.4 Å². The lowest BCUT2D eigenvalue weighted by Gasteiger charge is -2.28. The topological polar surface area (TPSA) is 81.9 Å². The van der Waals surface area contributed by atoms with E-state index in [0.717, 1.165) is 45.1 Å². The number of nitriles is 1. The minimum absolute atomic E-state index is 0.0553. The summed E-state index contributed by atoms with van der Waals surface area (Å²) in [5.74, 6) is 0.766. The number of aromatic nitrogens is 1. The molecule has 0 bridgehead atoms. The standard InChI is InChI=1S/C18H23N5O3/c19-11-14-3-1-4-17(20-14)22-12-15-16(13-22)26-18(24)23(15)6-2-5-21-7-9-25-10-8-21/h1,3-4,15-16H,2,5-10,12-13H2/t15-,16+/m0/s1. The van der Waals surface area contributed by atoms with Crippen molar-refractivity contribution in [3.63, 3.8) is 0 Å². The Bertz CT molecular complexity index is 700. The molecule has 0 saturated carbocycles. The van der Waals surface area contributed by atoms with Crippen LogP contribution in [0.1, 0.15) is 12.1 Å². The summed E-state index contributed by atoms with van der Waals surface area (Å²) >= 11 is 0. The predicted molar refractivity (Wildman–Crippen MR) is 93.8 cm³/mol. The number of ether oxygens (including phenoxy) is 2. The van der Waals surface area contributed by atoms with Gasteiger partial charge in [0.1, 0.15) is 23.7 Å². The van der Waals surface area contributed by atoms with Crippen LogP contribution in [0.4, 0.5) is 10.6 Å². The molecule has 3 aliphatic rings. The fourth-order valence-corrected chi connectivity index (χ4v) is 3.90. The van der Waals surface area contributed by atoms with E-state index in [1.54, 1.807) is 6.07 Å². The molecule has 3 saturated heterocycles. The van der Waals surface area contributed by atoms with Gasteiger partial charge in [-0.15, -0.1) is 0 Å². The van der Waals surface area contributed by atoms with Crippen molar-refractivity contribution >= 4 is 11.9 Å². The molecule has 4 heterocycles. The second-order valence-electron chi connectivity index (χ2n) is 6.89. The van der Waals surface area contributed by atoms with E-state index >= 15 is 0 Å². The molecule has 8 heteroatoms. The van der Waals surface area contributed by atoms with E-state index in [1.165, 1.54) is 0 Å². The number of fused-ring (bicyclic) bond motifs is 1. The fourth-order valence-electron chi connectivity index (χ4n) is 3.90. The summed E-state index contributed by atoms with van der Waals surface area (Å²) in [6.45, 7) is 6.50. The Kier molecular flexibility index (Phi) is 4.91. The quantitative estimate of drug-likeness (QED) is 0.766. The fraction of sp³-hybridized carbons (Fsp3) is 0.611. The Morgan fingerprint density at radius 2 is 2.08 bits per heavy atom. The van der Waals surface area contributed by atoms with Crippen molar-refractivity contribution < 1.29 is 14.3 Å². The summed E-state index contributed by atoms with van der Waals surface area (Å²) in [6, 6.07) is 7.55. The lowest BCUT2D eigenvalue weighted by Crippen LogP contribution is -2.41. The number of nitrogens with zero attached hydrogens (tertiary/aromatic N) is 5. The van der Waals surface area contributed by atoms with E-state index in [0.29, 0.717) is 25.3 Å². The lowest BCUT2D eigenvalue weighted by molar-refractivity contribution is 0.0363. The van der Waals surface area contributed by atoms with Gasteiger partial charge >= 0.3 is 6.09 Å². The third-order valence-electron chi connectivity index (χ3n) is 5.27. The van der Waals surface area contributed by atoms with Crippen LogP contribution < -0.4 is 4.90 Å². The van der Waals surface area contributed by atoms with Gasteiger partial charge in [0.15, 0.2) is 0 Å². The monoisotopic (exact) mass is 357 g/mol. The molecular formula is C18H23N5O3. The molecule has 8 nitrogen and oxygen atoms in total. The number of rotatable bonds is 5. The highest BCUT2D eigenvalue weighted by atomic mass is 16.6. The summed E-state index contributed by atoms with van der Waals surface area (Å²) in [7, 11) is 0. The second kappa shape index (κ2) is 7.48. The van der Waals surface area contributed by atoms with Crippen LogP contribution in [0.5, 0.6) is 0 Å². The Hall–Kier alpha value is -2.37. The number of hydrogen-bond donors (Lipinski definition) is 0. The number of morpholine rings is 1. The van der Waals surface area contributed by atoms with E-state index in [4.69, 9.17) is 14.7 Å². The van der Waals surface area contributed by atoms with Gasteiger partial charge in [0.05, 0.1) is 25.8 Å². The van der Waals surface area contributed by atoms with Crippen LogP contribution in [0.15, 0.2) is 18.2 Å². The van der Waals surface area contributed by atoms with Crippen molar-refractivity contribution in [1.29, 1.82) is 5.26 Å². The van der Waals surface area contributed by atoms with Crippen LogP contribution >= 0.6 is 0 Å². The first-order valence-electron chi connectivity index (χ1n) is 9.14. The minimum atomic E-state index is -0.208. The first-order chi connectivity index (χ1) is 12.7. The molecular weight excluding hydrogens is 334 g/mol. The molecule has 3 fully saturated rings. The van der Waals surface area contributed by atoms with Gasteiger partial charge in [-0.25, -0.2) is 9.78 Å². The van der Waals surface area contributed by atoms with Crippen LogP contribution in [0.2, 0.25) is 0 Å². The van der Waals surface area contributed by atoms with Crippen LogP contribution in [-0.4, -0.2) is 85.5 Å². The molecule has 26 heavy (non-hydrogen) atoms. The molecule has 0 aliphatic carbocycles. The third-order valence-corrected chi connectivity index (χ3v) is 5.27. The average molecular weight is 357 g/mol. The number of carbonyl (C=O) groups is 1. The molecule has 0 unspecified atom stereocenters. The SMILES string of the molecule is N#Cc1cccc(N2C[C@H]3OC(=O)N(CCCN4CCOCC4)[C@H]3C2)n1. The maximum atomic E-state index is 12.2. The highest BCUT2D eigenvalue weighted by Crippen LogP contribution is 2.29. The van der Waals surface area contributed by atoms with Gasteiger partial charge in [-0.3, -0.25) is 9.80 Å². The summed E-state index contributed by atoms with van der Waals surface area (Å²) in [6.07, 6.45) is 0.597. The second-order valence-corrected chi connectivity index (χ2v) is 6.89. The van der Waals surface area contributed by atoms with E-state index < -0.39 is 0 Å². The molecule has 3 aliphatic heterocycles. The molecule has 2 atom stereocenters. The molecule has 0 N–H and O–H groups in total. The van der Waals surface area contributed by atoms with Crippen molar-refractivity contribution in [2.45, 2.75) is 18.6 Å². The van der Waals surface area contributed by atoms with E-state index in [-0.39, 0.29) is 18.2 Å². The number of hydrogen-bond acceptors (Lipinski definition) is 7. The summed E-state index contributed by atoms with van der Waals surface area (Å²) in [5.41, 5.74) is 0.402. The van der Waals surface area contributed by atoms with Crippen molar-refractivity contribution in [3.05, 3.63) is 23.9 Å². The van der Waals surface area contributed by atoms with Crippen LogP contribution in [0.3, 0.4) is 0 Å². The number of carbonyl (C=O) groups excluding carboxylic acids is 1. The van der Waals surface area contributed by atoms with Crippen LogP contribution in [-0.2, 0) is 9.47 Å². The van der Waals surface area contributed by atoms with Gasteiger partial charge in [0.2, 0.25) is 0 Å². The maximum absolute atomic E-state index is 12.2. The Morgan fingerprint density at radius 3 is 2.88 bits per heavy atom. The third kappa shape index (κ3) is 3.45. The van der Waals surface area contributed by atoms with E-state index in [2.05, 4.69) is 20.9 Å². The first kappa shape index (κ1) is 17.1. The summed E-state index contributed by atoms with van der Waals surface area (Å²) in [4.78, 5) is 22.9. The molecule has 1 amide bonds. The Balaban J connectivity index is 1.34. The van der Waals surface area contributed by atoms with Gasteiger partial charge in [-0.05, 0) is 18.6 Å². The van der Waals surface area contributed by atoms with Gasteiger partial charge < -0.3 is 14.4 Å². The summed E-state index contributed by atoms with van der Waals surface area (Å²) in [5, 5.41) is 9.03. The molecule has 0 radical (unpaired) electrons. The van der Waals surface area contributed by atoms with Gasteiger partial charge in [0.25, 0.3) is 0 Å². The molecule has 138 valence electrons. The Morgan fingerprint density at radius 1 is 1.23 bits per heavy atom. The minimum Gasteiger partial charge on any atom is -0.442 e. The zero-order chi connectivity index (χ0) is 17.9. The Labute approximate surface area is 152 Å². The van der Waals surface area contributed by atoms with Gasteiger partial charge in [-0.1, -0.05) is 6.07 Å².